The van der Waals surface area contributed by atoms with Crippen LogP contribution in [0.25, 0.3) is 0 Å². The van der Waals surface area contributed by atoms with Gasteiger partial charge in [-0.15, -0.1) is 0 Å². The highest BCUT2D eigenvalue weighted by atomic mass is 16.2. The monoisotopic (exact) mass is 307 g/mol. The van der Waals surface area contributed by atoms with E-state index in [1.165, 1.54) is 0 Å². The van der Waals surface area contributed by atoms with Crippen molar-refractivity contribution < 1.29 is 4.79 Å². The third-order valence-corrected chi connectivity index (χ3v) is 3.24. The van der Waals surface area contributed by atoms with Crippen molar-refractivity contribution in [3.63, 3.8) is 0 Å². The van der Waals surface area contributed by atoms with Gasteiger partial charge in [-0.05, 0) is 35.9 Å². The van der Waals surface area contributed by atoms with E-state index in [4.69, 9.17) is 0 Å². The summed E-state index contributed by atoms with van der Waals surface area (Å²) in [5, 5.41) is 9.78. The van der Waals surface area contributed by atoms with Gasteiger partial charge in [0.15, 0.2) is 0 Å². The summed E-state index contributed by atoms with van der Waals surface area (Å²) in [4.78, 5) is 16.1. The number of hydrogen-bond donors (Lipinski definition) is 2. The number of benzene rings is 1. The third-order valence-electron chi connectivity index (χ3n) is 3.24. The van der Waals surface area contributed by atoms with E-state index < -0.39 is 0 Å². The second-order valence-electron chi connectivity index (χ2n) is 5.03. The number of pyridine rings is 1. The van der Waals surface area contributed by atoms with Gasteiger partial charge in [0, 0.05) is 24.3 Å². The van der Waals surface area contributed by atoms with Gasteiger partial charge in [-0.1, -0.05) is 18.2 Å². The number of carbonyl (C=O) groups excluding carboxylic acids is 1. The lowest BCUT2D eigenvalue weighted by atomic mass is 10.2. The van der Waals surface area contributed by atoms with Crippen molar-refractivity contribution >= 4 is 11.7 Å². The molecule has 0 atom stereocenters. The fourth-order valence-corrected chi connectivity index (χ4v) is 2.18. The molecule has 6 nitrogen and oxygen atoms in total. The van der Waals surface area contributed by atoms with E-state index >= 15 is 0 Å². The minimum Gasteiger partial charge on any atom is -0.332 e. The Balaban J connectivity index is 1.56. The van der Waals surface area contributed by atoms with Crippen LogP contribution < -0.4 is 10.6 Å². The Morgan fingerprint density at radius 2 is 2.04 bits per heavy atom. The Morgan fingerprint density at radius 1 is 1.09 bits per heavy atom. The van der Waals surface area contributed by atoms with Crippen LogP contribution >= 0.6 is 0 Å². The number of aromatic nitrogens is 3. The molecule has 0 unspecified atom stereocenters. The molecule has 0 radical (unpaired) electrons. The van der Waals surface area contributed by atoms with E-state index in [0.717, 1.165) is 16.9 Å². The number of urea groups is 1. The molecule has 2 N–H and O–H groups in total. The molecule has 2 aromatic heterocycles. The van der Waals surface area contributed by atoms with Crippen molar-refractivity contribution in [1.82, 2.24) is 20.1 Å². The van der Waals surface area contributed by atoms with E-state index in [9.17, 15) is 4.79 Å². The molecular formula is C17H17N5O. The molecule has 2 amide bonds. The van der Waals surface area contributed by atoms with Gasteiger partial charge in [0.25, 0.3) is 0 Å². The number of carbonyl (C=O) groups is 1. The molecule has 3 rings (SSSR count). The highest BCUT2D eigenvalue weighted by Gasteiger charge is 2.03. The summed E-state index contributed by atoms with van der Waals surface area (Å²) in [5.74, 6) is 0. The van der Waals surface area contributed by atoms with Gasteiger partial charge >= 0.3 is 6.03 Å². The van der Waals surface area contributed by atoms with Crippen molar-refractivity contribution in [1.29, 1.82) is 0 Å². The first-order valence-electron chi connectivity index (χ1n) is 7.31. The number of anilines is 1. The molecule has 0 aliphatic rings. The van der Waals surface area contributed by atoms with Gasteiger partial charge in [-0.2, -0.15) is 5.10 Å². The predicted molar refractivity (Wildman–Crippen MR) is 87.9 cm³/mol. The predicted octanol–water partition coefficient (Wildman–Crippen LogP) is 2.65. The molecule has 0 spiro atoms. The van der Waals surface area contributed by atoms with Crippen molar-refractivity contribution in [3.8, 4) is 0 Å². The molecule has 0 aliphatic carbocycles. The first kappa shape index (κ1) is 14.8. The maximum atomic E-state index is 11.9. The molecule has 0 bridgehead atoms. The second-order valence-corrected chi connectivity index (χ2v) is 5.03. The lowest BCUT2D eigenvalue weighted by Gasteiger charge is -2.09. The van der Waals surface area contributed by atoms with Crippen LogP contribution in [0.3, 0.4) is 0 Å². The largest absolute Gasteiger partial charge is 0.332 e. The quantitative estimate of drug-likeness (QED) is 0.761. The maximum absolute atomic E-state index is 11.9. The smallest absolute Gasteiger partial charge is 0.319 e. The molecule has 23 heavy (non-hydrogen) atoms. The minimum absolute atomic E-state index is 0.258. The van der Waals surface area contributed by atoms with Crippen LogP contribution in [0.5, 0.6) is 0 Å². The van der Waals surface area contributed by atoms with Crippen LogP contribution in [-0.4, -0.2) is 20.8 Å². The standard InChI is InChI=1S/C17H17N5O/c23-17(19-12-16-6-1-2-8-18-16)21-15-7-3-5-14(11-15)13-22-10-4-9-20-22/h1-11H,12-13H2,(H2,19,21,23). The van der Waals surface area contributed by atoms with Gasteiger partial charge in [-0.25, -0.2) is 4.79 Å². The average Bonchev–Trinajstić information content (AvgIpc) is 3.07. The maximum Gasteiger partial charge on any atom is 0.319 e. The first-order chi connectivity index (χ1) is 11.3. The summed E-state index contributed by atoms with van der Waals surface area (Å²) in [7, 11) is 0. The highest BCUT2D eigenvalue weighted by molar-refractivity contribution is 5.89. The minimum atomic E-state index is -0.258. The summed E-state index contributed by atoms with van der Waals surface area (Å²) in [6.45, 7) is 1.05. The Kier molecular flexibility index (Phi) is 4.63. The normalized spacial score (nSPS) is 10.3. The average molecular weight is 307 g/mol. The number of rotatable bonds is 5. The van der Waals surface area contributed by atoms with Crippen molar-refractivity contribution in [2.24, 2.45) is 0 Å². The highest BCUT2D eigenvalue weighted by Crippen LogP contribution is 2.11. The molecule has 3 aromatic rings. The Morgan fingerprint density at radius 3 is 2.83 bits per heavy atom. The van der Waals surface area contributed by atoms with Crippen molar-refractivity contribution in [2.75, 3.05) is 5.32 Å². The van der Waals surface area contributed by atoms with Crippen LogP contribution in [0.4, 0.5) is 10.5 Å². The molecule has 1 aromatic carbocycles. The van der Waals surface area contributed by atoms with Gasteiger partial charge in [0.1, 0.15) is 0 Å². The molecule has 0 saturated carbocycles. The SMILES string of the molecule is O=C(NCc1ccccn1)Nc1cccc(Cn2cccn2)c1. The summed E-state index contributed by atoms with van der Waals surface area (Å²) in [5.41, 5.74) is 2.62. The molecular weight excluding hydrogens is 290 g/mol. The lowest BCUT2D eigenvalue weighted by Crippen LogP contribution is -2.28. The number of amides is 2. The van der Waals surface area contributed by atoms with Gasteiger partial charge in [-0.3, -0.25) is 9.67 Å². The van der Waals surface area contributed by atoms with E-state index in [1.54, 1.807) is 12.4 Å². The fourth-order valence-electron chi connectivity index (χ4n) is 2.18. The van der Waals surface area contributed by atoms with E-state index in [-0.39, 0.29) is 6.03 Å². The third kappa shape index (κ3) is 4.41. The van der Waals surface area contributed by atoms with Crippen LogP contribution in [0.15, 0.2) is 67.1 Å². The van der Waals surface area contributed by atoms with Crippen LogP contribution in [0.1, 0.15) is 11.3 Å². The lowest BCUT2D eigenvalue weighted by molar-refractivity contribution is 0.251. The number of nitrogens with zero attached hydrogens (tertiary/aromatic N) is 3. The Labute approximate surface area is 134 Å². The first-order valence-corrected chi connectivity index (χ1v) is 7.31. The topological polar surface area (TPSA) is 71.8 Å². The number of nitrogens with one attached hydrogen (secondary N) is 2. The Bertz CT molecular complexity index is 756. The molecule has 0 saturated heterocycles. The second kappa shape index (κ2) is 7.22. The van der Waals surface area contributed by atoms with E-state index in [2.05, 4.69) is 20.7 Å². The summed E-state index contributed by atoms with van der Waals surface area (Å²) >= 11 is 0. The zero-order valence-electron chi connectivity index (χ0n) is 12.5. The van der Waals surface area contributed by atoms with Crippen LogP contribution in [0, 0.1) is 0 Å². The van der Waals surface area contributed by atoms with Gasteiger partial charge in [0.05, 0.1) is 18.8 Å². The van der Waals surface area contributed by atoms with E-state index in [0.29, 0.717) is 13.1 Å². The zero-order valence-corrected chi connectivity index (χ0v) is 12.5. The fraction of sp³-hybridized carbons (Fsp3) is 0.118. The van der Waals surface area contributed by atoms with Gasteiger partial charge < -0.3 is 10.6 Å². The summed E-state index contributed by atoms with van der Waals surface area (Å²) in [6.07, 6.45) is 5.35. The Hall–Kier alpha value is -3.15. The molecule has 6 heteroatoms. The zero-order chi connectivity index (χ0) is 15.9. The van der Waals surface area contributed by atoms with Crippen molar-refractivity contribution in [3.05, 3.63) is 78.4 Å². The van der Waals surface area contributed by atoms with E-state index in [1.807, 2.05) is 59.4 Å². The van der Waals surface area contributed by atoms with Crippen LogP contribution in [-0.2, 0) is 13.1 Å². The summed E-state index contributed by atoms with van der Waals surface area (Å²) in [6, 6.07) is 14.9. The van der Waals surface area contributed by atoms with Gasteiger partial charge in [0.2, 0.25) is 0 Å². The molecule has 0 fully saturated rings. The molecule has 0 aliphatic heterocycles. The van der Waals surface area contributed by atoms with Crippen molar-refractivity contribution in [2.45, 2.75) is 13.1 Å². The molecule has 116 valence electrons. The van der Waals surface area contributed by atoms with Crippen LogP contribution in [0.2, 0.25) is 0 Å². The summed E-state index contributed by atoms with van der Waals surface area (Å²) < 4.78 is 1.83. The number of hydrogen-bond acceptors (Lipinski definition) is 3. The molecule has 2 heterocycles.